The monoisotopic (exact) mass is 167 g/mol. The molecule has 0 radical (unpaired) electrons. The van der Waals surface area contributed by atoms with Crippen molar-refractivity contribution in [2.24, 2.45) is 0 Å². The van der Waals surface area contributed by atoms with Gasteiger partial charge in [-0.25, -0.2) is 0 Å². The zero-order valence-corrected chi connectivity index (χ0v) is 6.15. The van der Waals surface area contributed by atoms with Gasteiger partial charge >= 0.3 is 0 Å². The Labute approximate surface area is 68.7 Å². The van der Waals surface area contributed by atoms with E-state index in [9.17, 15) is 9.90 Å². The number of rotatable bonds is 2. The number of benzene rings is 1. The first kappa shape index (κ1) is 8.39. The van der Waals surface area contributed by atoms with Gasteiger partial charge in [0.1, 0.15) is 11.5 Å². The van der Waals surface area contributed by atoms with E-state index in [2.05, 4.69) is 0 Å². The van der Waals surface area contributed by atoms with Crippen LogP contribution in [0.1, 0.15) is 5.56 Å². The summed E-state index contributed by atoms with van der Waals surface area (Å²) in [7, 11) is 0. The van der Waals surface area contributed by atoms with E-state index in [1.54, 1.807) is 0 Å². The molecule has 1 aromatic carbocycles. The van der Waals surface area contributed by atoms with E-state index in [0.717, 1.165) is 0 Å². The third-order valence-electron chi connectivity index (χ3n) is 1.40. The number of hydrogen-bond donors (Lipinski definition) is 2. The van der Waals surface area contributed by atoms with Crippen LogP contribution in [0.25, 0.3) is 0 Å². The summed E-state index contributed by atoms with van der Waals surface area (Å²) < 4.78 is 0. The van der Waals surface area contributed by atoms with Crippen LogP contribution >= 0.6 is 0 Å². The molecule has 0 amide bonds. The molecule has 12 heavy (non-hydrogen) atoms. The van der Waals surface area contributed by atoms with E-state index in [4.69, 9.17) is 10.2 Å². The number of carboxylic acid groups (broad SMARTS) is 1. The van der Waals surface area contributed by atoms with Crippen LogP contribution in [0.5, 0.6) is 11.5 Å². The summed E-state index contributed by atoms with van der Waals surface area (Å²) in [6.45, 7) is 0. The molecule has 0 aliphatic heterocycles. The number of carbonyl (C=O) groups is 1. The lowest BCUT2D eigenvalue weighted by molar-refractivity contribution is -0.304. The summed E-state index contributed by atoms with van der Waals surface area (Å²) in [6, 6.07) is 3.69. The zero-order chi connectivity index (χ0) is 9.14. The van der Waals surface area contributed by atoms with Crippen LogP contribution in [0.15, 0.2) is 18.2 Å². The van der Waals surface area contributed by atoms with Crippen molar-refractivity contribution in [2.75, 3.05) is 0 Å². The maximum absolute atomic E-state index is 10.1. The number of phenols is 2. The van der Waals surface area contributed by atoms with Crippen LogP contribution in [0, 0.1) is 0 Å². The fourth-order valence-electron chi connectivity index (χ4n) is 0.869. The molecule has 0 aromatic heterocycles. The zero-order valence-electron chi connectivity index (χ0n) is 6.15. The van der Waals surface area contributed by atoms with Crippen molar-refractivity contribution >= 4 is 5.97 Å². The van der Waals surface area contributed by atoms with E-state index in [1.807, 2.05) is 0 Å². The minimum Gasteiger partial charge on any atom is -0.550 e. The molecule has 64 valence electrons. The van der Waals surface area contributed by atoms with Gasteiger partial charge in [-0.2, -0.15) is 0 Å². The van der Waals surface area contributed by atoms with Crippen LogP contribution in [-0.4, -0.2) is 16.2 Å². The second-order valence-electron chi connectivity index (χ2n) is 2.36. The quantitative estimate of drug-likeness (QED) is 0.576. The Hall–Kier alpha value is -1.71. The summed E-state index contributed by atoms with van der Waals surface area (Å²) in [4.78, 5) is 10.1. The number of aromatic hydroxyl groups is 2. The number of carbonyl (C=O) groups excluding carboxylic acids is 1. The SMILES string of the molecule is O=C([O-])Cc1cc(O)ccc1O. The van der Waals surface area contributed by atoms with Gasteiger partial charge in [0, 0.05) is 18.0 Å². The summed E-state index contributed by atoms with van der Waals surface area (Å²) in [6.07, 6.45) is -0.403. The van der Waals surface area contributed by atoms with Crippen LogP contribution in [0.4, 0.5) is 0 Å². The van der Waals surface area contributed by atoms with Crippen molar-refractivity contribution in [1.82, 2.24) is 0 Å². The topological polar surface area (TPSA) is 80.6 Å². The maximum atomic E-state index is 10.1. The predicted octanol–water partition coefficient (Wildman–Crippen LogP) is -0.610. The van der Waals surface area contributed by atoms with Gasteiger partial charge in [-0.05, 0) is 18.2 Å². The molecule has 4 heteroatoms. The average molecular weight is 167 g/mol. The first-order chi connectivity index (χ1) is 5.59. The highest BCUT2D eigenvalue weighted by Crippen LogP contribution is 2.21. The molecule has 0 fully saturated rings. The van der Waals surface area contributed by atoms with Crippen LogP contribution in [0.2, 0.25) is 0 Å². The summed E-state index contributed by atoms with van der Waals surface area (Å²) in [5, 5.41) is 28.1. The van der Waals surface area contributed by atoms with Gasteiger partial charge in [0.15, 0.2) is 0 Å². The lowest BCUT2D eigenvalue weighted by Crippen LogP contribution is -2.24. The Morgan fingerprint density at radius 3 is 2.67 bits per heavy atom. The predicted molar refractivity (Wildman–Crippen MR) is 38.5 cm³/mol. The fraction of sp³-hybridized carbons (Fsp3) is 0.125. The van der Waals surface area contributed by atoms with Crippen molar-refractivity contribution in [3.8, 4) is 11.5 Å². The fourth-order valence-corrected chi connectivity index (χ4v) is 0.869. The molecule has 0 unspecified atom stereocenters. The van der Waals surface area contributed by atoms with Crippen LogP contribution < -0.4 is 5.11 Å². The molecular formula is C8H7O4-. The second kappa shape index (κ2) is 3.13. The molecule has 0 heterocycles. The van der Waals surface area contributed by atoms with E-state index >= 15 is 0 Å². The lowest BCUT2D eigenvalue weighted by atomic mass is 10.1. The van der Waals surface area contributed by atoms with E-state index in [0.29, 0.717) is 0 Å². The smallest absolute Gasteiger partial charge is 0.119 e. The Bertz CT molecular complexity index is 306. The first-order valence-electron chi connectivity index (χ1n) is 3.30. The Balaban J connectivity index is 2.97. The van der Waals surface area contributed by atoms with Crippen molar-refractivity contribution in [3.05, 3.63) is 23.8 Å². The maximum Gasteiger partial charge on any atom is 0.119 e. The lowest BCUT2D eigenvalue weighted by Gasteiger charge is -2.04. The minimum atomic E-state index is -1.30. The molecule has 0 atom stereocenters. The molecule has 0 saturated carbocycles. The van der Waals surface area contributed by atoms with Gasteiger partial charge in [0.25, 0.3) is 0 Å². The highest BCUT2D eigenvalue weighted by molar-refractivity contribution is 5.69. The van der Waals surface area contributed by atoms with E-state index in [1.165, 1.54) is 18.2 Å². The summed E-state index contributed by atoms with van der Waals surface area (Å²) >= 11 is 0. The molecule has 1 aromatic rings. The third-order valence-corrected chi connectivity index (χ3v) is 1.40. The van der Waals surface area contributed by atoms with Crippen molar-refractivity contribution < 1.29 is 20.1 Å². The van der Waals surface area contributed by atoms with Gasteiger partial charge in [0.05, 0.1) is 0 Å². The van der Waals surface area contributed by atoms with E-state index < -0.39 is 12.4 Å². The van der Waals surface area contributed by atoms with Gasteiger partial charge in [-0.3, -0.25) is 0 Å². The van der Waals surface area contributed by atoms with Gasteiger partial charge < -0.3 is 20.1 Å². The van der Waals surface area contributed by atoms with Crippen molar-refractivity contribution in [3.63, 3.8) is 0 Å². The molecule has 4 nitrogen and oxygen atoms in total. The van der Waals surface area contributed by atoms with Crippen LogP contribution in [0.3, 0.4) is 0 Å². The molecule has 0 bridgehead atoms. The molecule has 0 spiro atoms. The summed E-state index contributed by atoms with van der Waals surface area (Å²) in [5.41, 5.74) is 0.148. The standard InChI is InChI=1S/C8H8O4/c9-6-1-2-7(10)5(3-6)4-8(11)12/h1-3,9-10H,4H2,(H,11,12)/p-1. The minimum absolute atomic E-state index is 0.0796. The molecule has 0 saturated heterocycles. The Kier molecular flexibility index (Phi) is 2.19. The number of phenolic OH excluding ortho intramolecular Hbond substituents is 2. The number of carboxylic acids is 1. The van der Waals surface area contributed by atoms with Gasteiger partial charge in [-0.1, -0.05) is 0 Å². The van der Waals surface area contributed by atoms with Crippen molar-refractivity contribution in [1.29, 1.82) is 0 Å². The second-order valence-corrected chi connectivity index (χ2v) is 2.36. The van der Waals surface area contributed by atoms with Crippen molar-refractivity contribution in [2.45, 2.75) is 6.42 Å². The average Bonchev–Trinajstić information content (AvgIpc) is 1.96. The van der Waals surface area contributed by atoms with Crippen LogP contribution in [-0.2, 0) is 11.2 Å². The Morgan fingerprint density at radius 1 is 1.42 bits per heavy atom. The molecular weight excluding hydrogens is 160 g/mol. The first-order valence-corrected chi connectivity index (χ1v) is 3.30. The largest absolute Gasteiger partial charge is 0.550 e. The highest BCUT2D eigenvalue weighted by Gasteiger charge is 2.01. The molecule has 2 N–H and O–H groups in total. The molecule has 0 aliphatic carbocycles. The molecule has 1 rings (SSSR count). The van der Waals surface area contributed by atoms with Gasteiger partial charge in [0.2, 0.25) is 0 Å². The van der Waals surface area contributed by atoms with Gasteiger partial charge in [-0.15, -0.1) is 0 Å². The Morgan fingerprint density at radius 2 is 2.08 bits per heavy atom. The molecule has 0 aliphatic rings. The summed E-state index contributed by atoms with van der Waals surface area (Å²) in [5.74, 6) is -1.53. The third kappa shape index (κ3) is 1.88. The van der Waals surface area contributed by atoms with E-state index in [-0.39, 0.29) is 17.1 Å². The number of hydrogen-bond acceptors (Lipinski definition) is 4. The highest BCUT2D eigenvalue weighted by atomic mass is 16.4. The normalized spacial score (nSPS) is 9.67. The number of aliphatic carboxylic acids is 1.